The second-order valence-corrected chi connectivity index (χ2v) is 5.81. The number of hydrogen-bond acceptors (Lipinski definition) is 4. The van der Waals surface area contributed by atoms with Crippen molar-refractivity contribution in [3.8, 4) is 0 Å². The molecule has 0 heterocycles. The van der Waals surface area contributed by atoms with Gasteiger partial charge in [-0.25, -0.2) is 17.9 Å². The van der Waals surface area contributed by atoms with Gasteiger partial charge < -0.3 is 9.84 Å². The van der Waals surface area contributed by atoms with Crippen LogP contribution in [0.4, 0.5) is 0 Å². The van der Waals surface area contributed by atoms with E-state index in [2.05, 4.69) is 4.72 Å². The van der Waals surface area contributed by atoms with Gasteiger partial charge in [0.2, 0.25) is 10.0 Å². The van der Waals surface area contributed by atoms with Gasteiger partial charge in [-0.1, -0.05) is 12.1 Å². The first-order valence-electron chi connectivity index (χ1n) is 5.73. The summed E-state index contributed by atoms with van der Waals surface area (Å²) in [5, 5.41) is 8.83. The molecule has 1 aromatic rings. The Morgan fingerprint density at radius 3 is 2.79 bits per heavy atom. The lowest BCUT2D eigenvalue weighted by molar-refractivity contribution is 0.0696. The number of carboxylic acids is 1. The van der Waals surface area contributed by atoms with Gasteiger partial charge in [0, 0.05) is 20.3 Å². The van der Waals surface area contributed by atoms with Gasteiger partial charge in [0.15, 0.2) is 0 Å². The van der Waals surface area contributed by atoms with E-state index >= 15 is 0 Å². The maximum Gasteiger partial charge on any atom is 0.335 e. The second-order valence-electron chi connectivity index (χ2n) is 4.01. The van der Waals surface area contributed by atoms with E-state index in [9.17, 15) is 13.2 Å². The van der Waals surface area contributed by atoms with Crippen molar-refractivity contribution >= 4 is 16.0 Å². The minimum absolute atomic E-state index is 0.0760. The van der Waals surface area contributed by atoms with Crippen LogP contribution in [0.15, 0.2) is 24.3 Å². The van der Waals surface area contributed by atoms with Crippen LogP contribution in [0, 0.1) is 0 Å². The van der Waals surface area contributed by atoms with E-state index < -0.39 is 16.0 Å². The van der Waals surface area contributed by atoms with Crippen molar-refractivity contribution in [2.45, 2.75) is 12.2 Å². The zero-order valence-electron chi connectivity index (χ0n) is 10.6. The highest BCUT2D eigenvalue weighted by Crippen LogP contribution is 2.08. The van der Waals surface area contributed by atoms with E-state index in [1.165, 1.54) is 18.2 Å². The molecule has 0 saturated heterocycles. The van der Waals surface area contributed by atoms with Crippen LogP contribution in [-0.4, -0.2) is 39.8 Å². The summed E-state index contributed by atoms with van der Waals surface area (Å²) in [6.45, 7) is 0.784. The zero-order chi connectivity index (χ0) is 14.3. The van der Waals surface area contributed by atoms with Gasteiger partial charge in [0.25, 0.3) is 0 Å². The number of carbonyl (C=O) groups is 1. The summed E-state index contributed by atoms with van der Waals surface area (Å²) >= 11 is 0. The molecular weight excluding hydrogens is 270 g/mol. The van der Waals surface area contributed by atoms with Crippen molar-refractivity contribution in [3.63, 3.8) is 0 Å². The lowest BCUT2D eigenvalue weighted by Gasteiger charge is -2.07. The molecule has 0 fully saturated rings. The minimum atomic E-state index is -3.46. The molecule has 1 aromatic carbocycles. The fourth-order valence-corrected chi connectivity index (χ4v) is 2.68. The Labute approximate surface area is 112 Å². The molecule has 6 nitrogen and oxygen atoms in total. The van der Waals surface area contributed by atoms with Gasteiger partial charge in [-0.05, 0) is 24.1 Å². The number of carboxylic acid groups (broad SMARTS) is 1. The van der Waals surface area contributed by atoms with E-state index in [1.807, 2.05) is 0 Å². The minimum Gasteiger partial charge on any atom is -0.478 e. The van der Waals surface area contributed by atoms with Crippen LogP contribution >= 0.6 is 0 Å². The first-order valence-corrected chi connectivity index (χ1v) is 7.38. The van der Waals surface area contributed by atoms with Gasteiger partial charge in [0.05, 0.1) is 11.3 Å². The van der Waals surface area contributed by atoms with Gasteiger partial charge in [-0.2, -0.15) is 0 Å². The Hall–Kier alpha value is -1.44. The first-order chi connectivity index (χ1) is 8.94. The fourth-order valence-electron chi connectivity index (χ4n) is 1.51. The normalized spacial score (nSPS) is 11.4. The topological polar surface area (TPSA) is 92.7 Å². The molecule has 0 bridgehead atoms. The van der Waals surface area contributed by atoms with Gasteiger partial charge in [-0.15, -0.1) is 0 Å². The number of sulfonamides is 1. The Bertz CT molecular complexity index is 527. The zero-order valence-corrected chi connectivity index (χ0v) is 11.4. The molecule has 106 valence electrons. The van der Waals surface area contributed by atoms with E-state index in [-0.39, 0.29) is 11.3 Å². The standard InChI is InChI=1S/C12H17NO5S/c1-18-7-3-6-13-19(16,17)9-10-4-2-5-11(8-10)12(14)15/h2,4-5,8,13H,3,6-7,9H2,1H3,(H,14,15). The molecule has 0 saturated carbocycles. The largest absolute Gasteiger partial charge is 0.478 e. The fraction of sp³-hybridized carbons (Fsp3) is 0.417. The molecule has 1 rings (SSSR count). The summed E-state index contributed by atoms with van der Waals surface area (Å²) in [5.41, 5.74) is 0.520. The molecule has 0 aliphatic carbocycles. The lowest BCUT2D eigenvalue weighted by Crippen LogP contribution is -2.26. The number of aromatic carboxylic acids is 1. The Kier molecular flexibility index (Phi) is 5.94. The second kappa shape index (κ2) is 7.22. The van der Waals surface area contributed by atoms with Crippen LogP contribution in [0.3, 0.4) is 0 Å². The predicted molar refractivity (Wildman–Crippen MR) is 70.5 cm³/mol. The number of rotatable bonds is 8. The van der Waals surface area contributed by atoms with Crippen LogP contribution in [0.5, 0.6) is 0 Å². The van der Waals surface area contributed by atoms with Gasteiger partial charge >= 0.3 is 5.97 Å². The SMILES string of the molecule is COCCCNS(=O)(=O)Cc1cccc(C(=O)O)c1. The van der Waals surface area contributed by atoms with Gasteiger partial charge in [-0.3, -0.25) is 0 Å². The summed E-state index contributed by atoms with van der Waals surface area (Å²) < 4.78 is 30.7. The van der Waals surface area contributed by atoms with Crippen LogP contribution in [0.2, 0.25) is 0 Å². The smallest absolute Gasteiger partial charge is 0.335 e. The Balaban J connectivity index is 2.62. The summed E-state index contributed by atoms with van der Waals surface area (Å²) in [6, 6.07) is 5.89. The monoisotopic (exact) mass is 287 g/mol. The molecule has 0 aliphatic heterocycles. The average molecular weight is 287 g/mol. The highest BCUT2D eigenvalue weighted by Gasteiger charge is 2.12. The number of ether oxygens (including phenoxy) is 1. The third kappa shape index (κ3) is 5.82. The van der Waals surface area contributed by atoms with E-state index in [0.29, 0.717) is 25.1 Å². The molecule has 0 amide bonds. The number of hydrogen-bond donors (Lipinski definition) is 2. The van der Waals surface area contributed by atoms with Crippen LogP contribution in [-0.2, 0) is 20.5 Å². The van der Waals surface area contributed by atoms with Crippen molar-refractivity contribution in [1.29, 1.82) is 0 Å². The molecular formula is C12H17NO5S. The maximum atomic E-state index is 11.7. The van der Waals surface area contributed by atoms with Crippen molar-refractivity contribution < 1.29 is 23.1 Å². The highest BCUT2D eigenvalue weighted by atomic mass is 32.2. The summed E-state index contributed by atoms with van der Waals surface area (Å²) in [6.07, 6.45) is 0.588. The first kappa shape index (κ1) is 15.6. The highest BCUT2D eigenvalue weighted by molar-refractivity contribution is 7.88. The van der Waals surface area contributed by atoms with Crippen molar-refractivity contribution in [2.75, 3.05) is 20.3 Å². The van der Waals surface area contributed by atoms with Crippen LogP contribution < -0.4 is 4.72 Å². The van der Waals surface area contributed by atoms with E-state index in [1.54, 1.807) is 13.2 Å². The quantitative estimate of drug-likeness (QED) is 0.691. The molecule has 7 heteroatoms. The number of benzene rings is 1. The number of methoxy groups -OCH3 is 1. The third-order valence-electron chi connectivity index (χ3n) is 2.38. The summed E-state index contributed by atoms with van der Waals surface area (Å²) in [4.78, 5) is 10.8. The van der Waals surface area contributed by atoms with Crippen LogP contribution in [0.1, 0.15) is 22.3 Å². The Morgan fingerprint density at radius 2 is 2.16 bits per heavy atom. The third-order valence-corrected chi connectivity index (χ3v) is 3.74. The van der Waals surface area contributed by atoms with Crippen LogP contribution in [0.25, 0.3) is 0 Å². The average Bonchev–Trinajstić information content (AvgIpc) is 2.34. The predicted octanol–water partition coefficient (Wildman–Crippen LogP) is 0.841. The van der Waals surface area contributed by atoms with Gasteiger partial charge in [0.1, 0.15) is 0 Å². The van der Waals surface area contributed by atoms with E-state index in [0.717, 1.165) is 0 Å². The molecule has 0 aromatic heterocycles. The molecule has 0 spiro atoms. The molecule has 0 atom stereocenters. The lowest BCUT2D eigenvalue weighted by atomic mass is 10.1. The molecule has 0 unspecified atom stereocenters. The Morgan fingerprint density at radius 1 is 1.42 bits per heavy atom. The molecule has 0 aliphatic rings. The van der Waals surface area contributed by atoms with Crippen molar-refractivity contribution in [1.82, 2.24) is 4.72 Å². The summed E-state index contributed by atoms with van der Waals surface area (Å²) in [7, 11) is -1.91. The van der Waals surface area contributed by atoms with Crippen molar-refractivity contribution in [3.05, 3.63) is 35.4 Å². The molecule has 2 N–H and O–H groups in total. The van der Waals surface area contributed by atoms with E-state index in [4.69, 9.17) is 9.84 Å². The molecule has 0 radical (unpaired) electrons. The molecule has 19 heavy (non-hydrogen) atoms. The maximum absolute atomic E-state index is 11.7. The summed E-state index contributed by atoms with van der Waals surface area (Å²) in [5.74, 6) is -1.31. The number of nitrogens with one attached hydrogen (secondary N) is 1. The van der Waals surface area contributed by atoms with Crippen molar-refractivity contribution in [2.24, 2.45) is 0 Å².